The molecule has 3 rings (SSSR count). The molecular weight excluding hydrogens is 312 g/mol. The minimum atomic E-state index is -0.337. The number of nitrogens with one attached hydrogen (secondary N) is 2. The summed E-state index contributed by atoms with van der Waals surface area (Å²) in [6, 6.07) is 15.9. The van der Waals surface area contributed by atoms with Crippen LogP contribution in [0, 0.1) is 0 Å². The SMILES string of the molecule is CCOc1ccccc1NC(C)C(=O)NC1CCCc2ccccc21. The summed E-state index contributed by atoms with van der Waals surface area (Å²) in [7, 11) is 0. The monoisotopic (exact) mass is 338 g/mol. The van der Waals surface area contributed by atoms with E-state index in [-0.39, 0.29) is 18.0 Å². The van der Waals surface area contributed by atoms with Gasteiger partial charge in [-0.25, -0.2) is 0 Å². The molecule has 1 aliphatic rings. The Morgan fingerprint density at radius 3 is 2.80 bits per heavy atom. The minimum Gasteiger partial charge on any atom is -0.492 e. The summed E-state index contributed by atoms with van der Waals surface area (Å²) in [6.07, 6.45) is 3.19. The maximum absolute atomic E-state index is 12.7. The lowest BCUT2D eigenvalue weighted by molar-refractivity contribution is -0.122. The van der Waals surface area contributed by atoms with E-state index < -0.39 is 0 Å². The number of hydrogen-bond acceptors (Lipinski definition) is 3. The lowest BCUT2D eigenvalue weighted by atomic mass is 9.87. The van der Waals surface area contributed by atoms with Gasteiger partial charge in [0.15, 0.2) is 0 Å². The van der Waals surface area contributed by atoms with Gasteiger partial charge in [0.2, 0.25) is 5.91 Å². The molecule has 2 unspecified atom stereocenters. The normalized spacial score (nSPS) is 17.3. The van der Waals surface area contributed by atoms with Crippen LogP contribution in [0.25, 0.3) is 0 Å². The molecular formula is C21H26N2O2. The fourth-order valence-electron chi connectivity index (χ4n) is 3.37. The Bertz CT molecular complexity index is 729. The number of para-hydroxylation sites is 2. The fraction of sp³-hybridized carbons (Fsp3) is 0.381. The van der Waals surface area contributed by atoms with E-state index in [9.17, 15) is 4.79 Å². The Morgan fingerprint density at radius 1 is 1.20 bits per heavy atom. The van der Waals surface area contributed by atoms with E-state index in [0.29, 0.717) is 6.61 Å². The molecule has 4 heteroatoms. The van der Waals surface area contributed by atoms with Gasteiger partial charge in [-0.2, -0.15) is 0 Å². The standard InChI is InChI=1S/C21H26N2O2/c1-3-25-20-14-7-6-12-19(20)22-15(2)21(24)23-18-13-8-10-16-9-4-5-11-17(16)18/h4-7,9,11-12,14-15,18,22H,3,8,10,13H2,1-2H3,(H,23,24). The fourth-order valence-corrected chi connectivity index (χ4v) is 3.37. The summed E-state index contributed by atoms with van der Waals surface area (Å²) in [5, 5.41) is 6.48. The van der Waals surface area contributed by atoms with Crippen molar-refractivity contribution >= 4 is 11.6 Å². The molecule has 0 aromatic heterocycles. The Kier molecular flexibility index (Phi) is 5.59. The molecule has 0 fully saturated rings. The number of hydrogen-bond donors (Lipinski definition) is 2. The summed E-state index contributed by atoms with van der Waals surface area (Å²) < 4.78 is 5.62. The third-order valence-electron chi connectivity index (χ3n) is 4.64. The summed E-state index contributed by atoms with van der Waals surface area (Å²) in [4.78, 5) is 12.7. The average Bonchev–Trinajstić information content (AvgIpc) is 2.64. The molecule has 0 saturated carbocycles. The summed E-state index contributed by atoms with van der Waals surface area (Å²) >= 11 is 0. The van der Waals surface area contributed by atoms with Crippen molar-refractivity contribution in [1.82, 2.24) is 5.32 Å². The van der Waals surface area contributed by atoms with Crippen molar-refractivity contribution in [1.29, 1.82) is 0 Å². The van der Waals surface area contributed by atoms with Crippen molar-refractivity contribution in [3.8, 4) is 5.75 Å². The highest BCUT2D eigenvalue weighted by Crippen LogP contribution is 2.30. The van der Waals surface area contributed by atoms with E-state index in [0.717, 1.165) is 30.7 Å². The number of rotatable bonds is 6. The zero-order valence-corrected chi connectivity index (χ0v) is 14.9. The first-order chi connectivity index (χ1) is 12.2. The Hall–Kier alpha value is -2.49. The van der Waals surface area contributed by atoms with Crippen molar-refractivity contribution in [2.45, 2.75) is 45.2 Å². The van der Waals surface area contributed by atoms with E-state index in [4.69, 9.17) is 4.74 Å². The second-order valence-electron chi connectivity index (χ2n) is 6.45. The van der Waals surface area contributed by atoms with Crippen LogP contribution in [0.2, 0.25) is 0 Å². The zero-order valence-electron chi connectivity index (χ0n) is 14.9. The maximum atomic E-state index is 12.7. The third-order valence-corrected chi connectivity index (χ3v) is 4.64. The number of ether oxygens (including phenoxy) is 1. The highest BCUT2D eigenvalue weighted by atomic mass is 16.5. The molecule has 0 aliphatic heterocycles. The second kappa shape index (κ2) is 8.06. The number of benzene rings is 2. The molecule has 1 amide bonds. The molecule has 2 aromatic rings. The van der Waals surface area contributed by atoms with E-state index in [1.807, 2.05) is 44.2 Å². The number of amides is 1. The predicted molar refractivity (Wildman–Crippen MR) is 101 cm³/mol. The number of carbonyl (C=O) groups is 1. The molecule has 1 aliphatic carbocycles. The molecule has 4 nitrogen and oxygen atoms in total. The quantitative estimate of drug-likeness (QED) is 0.834. The number of anilines is 1. The number of fused-ring (bicyclic) bond motifs is 1. The Balaban J connectivity index is 1.66. The first-order valence-electron chi connectivity index (χ1n) is 9.05. The molecule has 2 atom stereocenters. The van der Waals surface area contributed by atoms with Crippen LogP contribution < -0.4 is 15.4 Å². The van der Waals surface area contributed by atoms with E-state index in [2.05, 4.69) is 28.8 Å². The smallest absolute Gasteiger partial charge is 0.242 e. The predicted octanol–water partition coefficient (Wildman–Crippen LogP) is 4.08. The first-order valence-corrected chi connectivity index (χ1v) is 9.05. The number of aryl methyl sites for hydroxylation is 1. The Morgan fingerprint density at radius 2 is 1.96 bits per heavy atom. The Labute approximate surface area is 149 Å². The van der Waals surface area contributed by atoms with Crippen molar-refractivity contribution in [3.05, 3.63) is 59.7 Å². The zero-order chi connectivity index (χ0) is 17.6. The molecule has 0 heterocycles. The van der Waals surface area contributed by atoms with Gasteiger partial charge in [-0.1, -0.05) is 36.4 Å². The average molecular weight is 338 g/mol. The van der Waals surface area contributed by atoms with Gasteiger partial charge in [0.1, 0.15) is 11.8 Å². The van der Waals surface area contributed by atoms with Gasteiger partial charge in [0.05, 0.1) is 18.3 Å². The summed E-state index contributed by atoms with van der Waals surface area (Å²) in [5.74, 6) is 0.778. The topological polar surface area (TPSA) is 50.4 Å². The van der Waals surface area contributed by atoms with Gasteiger partial charge in [0, 0.05) is 0 Å². The van der Waals surface area contributed by atoms with Crippen LogP contribution in [0.3, 0.4) is 0 Å². The van der Waals surface area contributed by atoms with Gasteiger partial charge >= 0.3 is 0 Å². The molecule has 0 spiro atoms. The van der Waals surface area contributed by atoms with Crippen LogP contribution in [0.15, 0.2) is 48.5 Å². The van der Waals surface area contributed by atoms with Crippen molar-refractivity contribution in [2.75, 3.05) is 11.9 Å². The van der Waals surface area contributed by atoms with Crippen molar-refractivity contribution < 1.29 is 9.53 Å². The van der Waals surface area contributed by atoms with Crippen LogP contribution in [0.1, 0.15) is 43.9 Å². The second-order valence-corrected chi connectivity index (χ2v) is 6.45. The molecule has 132 valence electrons. The lowest BCUT2D eigenvalue weighted by Gasteiger charge is -2.28. The molecule has 0 radical (unpaired) electrons. The highest BCUT2D eigenvalue weighted by molar-refractivity contribution is 5.85. The van der Waals surface area contributed by atoms with Crippen molar-refractivity contribution in [3.63, 3.8) is 0 Å². The molecule has 2 aromatic carbocycles. The van der Waals surface area contributed by atoms with Crippen LogP contribution >= 0.6 is 0 Å². The van der Waals surface area contributed by atoms with E-state index in [1.165, 1.54) is 11.1 Å². The highest BCUT2D eigenvalue weighted by Gasteiger charge is 2.23. The largest absolute Gasteiger partial charge is 0.492 e. The first kappa shape index (κ1) is 17.3. The van der Waals surface area contributed by atoms with Crippen LogP contribution in [0.5, 0.6) is 5.75 Å². The van der Waals surface area contributed by atoms with E-state index in [1.54, 1.807) is 0 Å². The maximum Gasteiger partial charge on any atom is 0.242 e. The summed E-state index contributed by atoms with van der Waals surface area (Å²) in [5.41, 5.74) is 3.45. The van der Waals surface area contributed by atoms with Gasteiger partial charge in [-0.05, 0) is 56.4 Å². The summed E-state index contributed by atoms with van der Waals surface area (Å²) in [6.45, 7) is 4.43. The van der Waals surface area contributed by atoms with Gasteiger partial charge in [-0.3, -0.25) is 4.79 Å². The van der Waals surface area contributed by atoms with Gasteiger partial charge in [0.25, 0.3) is 0 Å². The number of carbonyl (C=O) groups excluding carboxylic acids is 1. The third kappa shape index (κ3) is 4.13. The van der Waals surface area contributed by atoms with Crippen LogP contribution in [-0.4, -0.2) is 18.6 Å². The van der Waals surface area contributed by atoms with Gasteiger partial charge in [-0.15, -0.1) is 0 Å². The van der Waals surface area contributed by atoms with Crippen LogP contribution in [-0.2, 0) is 11.2 Å². The lowest BCUT2D eigenvalue weighted by Crippen LogP contribution is -2.40. The minimum absolute atomic E-state index is 0.00741. The molecule has 0 bridgehead atoms. The van der Waals surface area contributed by atoms with E-state index >= 15 is 0 Å². The molecule has 2 N–H and O–H groups in total. The van der Waals surface area contributed by atoms with Gasteiger partial charge < -0.3 is 15.4 Å². The van der Waals surface area contributed by atoms with Crippen molar-refractivity contribution in [2.24, 2.45) is 0 Å². The molecule has 0 saturated heterocycles. The van der Waals surface area contributed by atoms with Crippen LogP contribution in [0.4, 0.5) is 5.69 Å². The molecule has 25 heavy (non-hydrogen) atoms.